The van der Waals surface area contributed by atoms with E-state index < -0.39 is 6.29 Å². The number of aliphatic hydroxyl groups is 1. The Balaban J connectivity index is 1.08. The van der Waals surface area contributed by atoms with Gasteiger partial charge in [0.25, 0.3) is 0 Å². The molecule has 4 saturated carbocycles. The van der Waals surface area contributed by atoms with E-state index >= 15 is 0 Å². The summed E-state index contributed by atoms with van der Waals surface area (Å²) in [6.07, 6.45) is 6.49. The lowest BCUT2D eigenvalue weighted by Crippen LogP contribution is -2.60. The van der Waals surface area contributed by atoms with Gasteiger partial charge in [0.15, 0.2) is 6.29 Å². The van der Waals surface area contributed by atoms with Gasteiger partial charge >= 0.3 is 6.03 Å². The predicted molar refractivity (Wildman–Crippen MR) is 180 cm³/mol. The van der Waals surface area contributed by atoms with E-state index in [4.69, 9.17) is 9.47 Å². The highest BCUT2D eigenvalue weighted by Crippen LogP contribution is 2.55. The third-order valence-corrected chi connectivity index (χ3v) is 11.4. The molecule has 3 N–H and O–H groups in total. The molecule has 4 aliphatic carbocycles. The molecule has 2 amide bonds. The van der Waals surface area contributed by atoms with Gasteiger partial charge in [0.05, 0.1) is 18.8 Å². The van der Waals surface area contributed by atoms with Crippen LogP contribution in [0.3, 0.4) is 0 Å². The van der Waals surface area contributed by atoms with Crippen LogP contribution in [-0.4, -0.2) is 41.3 Å². The summed E-state index contributed by atoms with van der Waals surface area (Å²) in [4.78, 5) is 15.7. The number of ether oxygens (including phenoxy) is 2. The molecule has 3 aromatic carbocycles. The molecule has 1 aliphatic heterocycles. The second-order valence-electron chi connectivity index (χ2n) is 14.8. The Bertz CT molecular complexity index is 1460. The first kappa shape index (κ1) is 31.4. The van der Waals surface area contributed by atoms with Crippen molar-refractivity contribution in [3.8, 4) is 0 Å². The van der Waals surface area contributed by atoms with Gasteiger partial charge in [-0.25, -0.2) is 4.79 Å². The highest BCUT2D eigenvalue weighted by molar-refractivity contribution is 5.90. The largest absolute Gasteiger partial charge is 0.392 e. The number of benzene rings is 3. The molecule has 3 aromatic rings. The van der Waals surface area contributed by atoms with Crippen molar-refractivity contribution in [1.82, 2.24) is 10.2 Å². The quantitative estimate of drug-likeness (QED) is 0.227. The van der Waals surface area contributed by atoms with Crippen molar-refractivity contribution in [1.29, 1.82) is 0 Å². The van der Waals surface area contributed by atoms with Crippen molar-refractivity contribution < 1.29 is 19.4 Å². The first-order valence-corrected chi connectivity index (χ1v) is 17.2. The number of anilines is 1. The van der Waals surface area contributed by atoms with E-state index in [1.54, 1.807) is 0 Å². The van der Waals surface area contributed by atoms with Crippen LogP contribution in [0.15, 0.2) is 78.9 Å². The zero-order chi connectivity index (χ0) is 31.8. The zero-order valence-electron chi connectivity index (χ0n) is 27.4. The third-order valence-electron chi connectivity index (χ3n) is 11.4. The van der Waals surface area contributed by atoms with Crippen molar-refractivity contribution in [2.24, 2.45) is 23.7 Å². The average molecular weight is 624 g/mol. The molecular formula is C39H49N3O4. The van der Waals surface area contributed by atoms with Gasteiger partial charge in [-0.15, -0.1) is 0 Å². The van der Waals surface area contributed by atoms with Gasteiger partial charge in [0, 0.05) is 35.3 Å². The van der Waals surface area contributed by atoms with Gasteiger partial charge in [-0.2, -0.15) is 0 Å². The second-order valence-corrected chi connectivity index (χ2v) is 14.8. The molecule has 0 aromatic heterocycles. The Kier molecular flexibility index (Phi) is 8.94. The molecule has 7 heteroatoms. The number of carbonyl (C=O) groups is 1. The topological polar surface area (TPSA) is 83.1 Å². The number of likely N-dealkylation sites (N-methyl/N-ethyl adjacent to an activating group) is 1. The highest BCUT2D eigenvalue weighted by Gasteiger charge is 2.51. The first-order chi connectivity index (χ1) is 22.3. The van der Waals surface area contributed by atoms with Crippen LogP contribution in [0.4, 0.5) is 10.5 Å². The minimum Gasteiger partial charge on any atom is -0.392 e. The van der Waals surface area contributed by atoms with Crippen LogP contribution < -0.4 is 10.6 Å². The predicted octanol–water partition coefficient (Wildman–Crippen LogP) is 7.75. The number of carbonyl (C=O) groups excluding carboxylic acids is 1. The van der Waals surface area contributed by atoms with Gasteiger partial charge in [-0.1, -0.05) is 73.7 Å². The Morgan fingerprint density at radius 3 is 2.24 bits per heavy atom. The summed E-state index contributed by atoms with van der Waals surface area (Å²) >= 11 is 0. The van der Waals surface area contributed by atoms with Crippen molar-refractivity contribution in [2.45, 2.75) is 89.1 Å². The van der Waals surface area contributed by atoms with E-state index in [2.05, 4.69) is 72.8 Å². The second kappa shape index (κ2) is 13.1. The molecule has 0 spiro atoms. The van der Waals surface area contributed by atoms with Crippen LogP contribution in [0.25, 0.3) is 0 Å². The normalized spacial score (nSPS) is 32.3. The maximum atomic E-state index is 13.4. The van der Waals surface area contributed by atoms with Gasteiger partial charge in [-0.05, 0) is 99.1 Å². The van der Waals surface area contributed by atoms with E-state index in [1.807, 2.05) is 42.5 Å². The van der Waals surface area contributed by atoms with Gasteiger partial charge in [0.1, 0.15) is 0 Å². The lowest BCUT2D eigenvalue weighted by Gasteiger charge is -2.56. The standard InChI is InChI=1S/C39H49N3O4/c1-25-35(23-42(3)26(2)31-8-5-4-6-9-31)45-37(46-36(25)32-14-12-27(24-43)13-15-32)33-10-7-11-34(19-33)40-38(44)41-39-20-28-16-29(21-39)18-30(17-28)22-39/h4-15,19,25-26,28-30,35-37,43H,16-18,20-24H2,1-3H3,(H2,40,41,44)/t25-,26-,28?,29?,30?,35+,36+,37+,39?/m0/s1. The van der Waals surface area contributed by atoms with Crippen LogP contribution in [0, 0.1) is 23.7 Å². The zero-order valence-corrected chi connectivity index (χ0v) is 27.4. The van der Waals surface area contributed by atoms with Gasteiger partial charge < -0.3 is 25.2 Å². The summed E-state index contributed by atoms with van der Waals surface area (Å²) in [5.41, 5.74) is 4.77. The molecule has 46 heavy (non-hydrogen) atoms. The molecule has 0 unspecified atom stereocenters. The lowest BCUT2D eigenvalue weighted by molar-refractivity contribution is -0.276. The SMILES string of the molecule is C[C@H]1[C@@H](CN(C)[C@@H](C)c2ccccc2)O[C@@H](c2cccc(NC(=O)NC34CC5CC(CC(C5)C3)C4)c2)O[C@H]1c1ccc(CO)cc1. The fraction of sp³-hybridized carbons (Fsp3) is 0.513. The molecule has 1 saturated heterocycles. The number of rotatable bonds is 9. The Morgan fingerprint density at radius 1 is 0.913 bits per heavy atom. The number of amides is 2. The summed E-state index contributed by atoms with van der Waals surface area (Å²) in [5, 5.41) is 16.2. The number of urea groups is 1. The molecule has 4 bridgehead atoms. The number of hydrogen-bond acceptors (Lipinski definition) is 5. The summed E-state index contributed by atoms with van der Waals surface area (Å²) in [6, 6.07) is 26.6. The lowest BCUT2D eigenvalue weighted by atomic mass is 9.53. The van der Waals surface area contributed by atoms with Crippen LogP contribution >= 0.6 is 0 Å². The number of hydrogen-bond donors (Lipinski definition) is 3. The molecule has 5 fully saturated rings. The van der Waals surface area contributed by atoms with Crippen LogP contribution in [-0.2, 0) is 16.1 Å². The van der Waals surface area contributed by atoms with Crippen LogP contribution in [0.5, 0.6) is 0 Å². The van der Waals surface area contributed by atoms with Crippen molar-refractivity contribution in [3.63, 3.8) is 0 Å². The van der Waals surface area contributed by atoms with E-state index in [-0.39, 0.29) is 42.3 Å². The van der Waals surface area contributed by atoms with Crippen molar-refractivity contribution in [2.75, 3.05) is 18.9 Å². The number of aliphatic hydroxyl groups excluding tert-OH is 1. The molecule has 7 nitrogen and oxygen atoms in total. The van der Waals surface area contributed by atoms with Gasteiger partial charge in [0.2, 0.25) is 0 Å². The average Bonchev–Trinajstić information content (AvgIpc) is 3.05. The maximum Gasteiger partial charge on any atom is 0.319 e. The Labute approximate surface area is 273 Å². The molecule has 1 heterocycles. The molecule has 5 aliphatic rings. The fourth-order valence-electron chi connectivity index (χ4n) is 9.19. The Morgan fingerprint density at radius 2 is 1.59 bits per heavy atom. The number of nitrogens with zero attached hydrogens (tertiary/aromatic N) is 1. The molecule has 8 rings (SSSR count). The van der Waals surface area contributed by atoms with E-state index in [9.17, 15) is 9.90 Å². The third kappa shape index (κ3) is 6.61. The smallest absolute Gasteiger partial charge is 0.319 e. The highest BCUT2D eigenvalue weighted by atomic mass is 16.7. The summed E-state index contributed by atoms with van der Waals surface area (Å²) < 4.78 is 13.5. The summed E-state index contributed by atoms with van der Waals surface area (Å²) in [6.45, 7) is 5.16. The van der Waals surface area contributed by atoms with Crippen molar-refractivity contribution in [3.05, 3.63) is 101 Å². The maximum absolute atomic E-state index is 13.4. The molecule has 5 atom stereocenters. The molecule has 244 valence electrons. The monoisotopic (exact) mass is 623 g/mol. The molecular weight excluding hydrogens is 574 g/mol. The summed E-state index contributed by atoms with van der Waals surface area (Å²) in [5.74, 6) is 2.39. The van der Waals surface area contributed by atoms with E-state index in [1.165, 1.54) is 24.8 Å². The van der Waals surface area contributed by atoms with E-state index in [0.717, 1.165) is 65.9 Å². The minimum atomic E-state index is -0.600. The summed E-state index contributed by atoms with van der Waals surface area (Å²) in [7, 11) is 2.15. The first-order valence-electron chi connectivity index (χ1n) is 17.2. The minimum absolute atomic E-state index is 0.00806. The number of nitrogens with one attached hydrogen (secondary N) is 2. The fourth-order valence-corrected chi connectivity index (χ4v) is 9.19. The van der Waals surface area contributed by atoms with Crippen LogP contribution in [0.1, 0.15) is 93.1 Å². The van der Waals surface area contributed by atoms with E-state index in [0.29, 0.717) is 0 Å². The molecule has 0 radical (unpaired) electrons. The van der Waals surface area contributed by atoms with Gasteiger partial charge in [-0.3, -0.25) is 4.90 Å². The van der Waals surface area contributed by atoms with Crippen molar-refractivity contribution >= 4 is 11.7 Å². The van der Waals surface area contributed by atoms with Crippen LogP contribution in [0.2, 0.25) is 0 Å². The Hall–Kier alpha value is -3.23.